The van der Waals surface area contributed by atoms with E-state index < -0.39 is 0 Å². The van der Waals surface area contributed by atoms with Gasteiger partial charge in [0.25, 0.3) is 0 Å². The van der Waals surface area contributed by atoms with Crippen LogP contribution in [0, 0.1) is 19.7 Å². The van der Waals surface area contributed by atoms with Gasteiger partial charge in [-0.3, -0.25) is 0 Å². The van der Waals surface area contributed by atoms with Gasteiger partial charge in [-0.05, 0) is 67.8 Å². The fraction of sp³-hybridized carbons (Fsp3) is 0.174. The van der Waals surface area contributed by atoms with Crippen LogP contribution in [0.25, 0.3) is 17.0 Å². The first kappa shape index (κ1) is 18.5. The summed E-state index contributed by atoms with van der Waals surface area (Å²) in [5, 5.41) is 7.46. The van der Waals surface area contributed by atoms with Crippen LogP contribution in [0.2, 0.25) is 5.02 Å². The fourth-order valence-electron chi connectivity index (χ4n) is 3.38. The Bertz CT molecular complexity index is 1100. The van der Waals surface area contributed by atoms with Crippen LogP contribution in [0.1, 0.15) is 23.6 Å². The highest BCUT2D eigenvalue weighted by Crippen LogP contribution is 2.35. The van der Waals surface area contributed by atoms with Gasteiger partial charge in [-0.2, -0.15) is 0 Å². The third-order valence-electron chi connectivity index (χ3n) is 5.15. The summed E-state index contributed by atoms with van der Waals surface area (Å²) in [6.45, 7) is 6.82. The van der Waals surface area contributed by atoms with E-state index in [0.29, 0.717) is 11.6 Å². The average molecular weight is 394 g/mol. The zero-order valence-electron chi connectivity index (χ0n) is 16.0. The van der Waals surface area contributed by atoms with E-state index in [1.54, 1.807) is 12.1 Å². The summed E-state index contributed by atoms with van der Waals surface area (Å²) in [5.41, 5.74) is 7.56. The number of aryl methyl sites for hydroxylation is 1. The minimum absolute atomic E-state index is 0.264. The molecule has 1 aromatic heterocycles. The third-order valence-corrected chi connectivity index (χ3v) is 5.48. The summed E-state index contributed by atoms with van der Waals surface area (Å²) in [6, 6.07) is 14.5. The van der Waals surface area contributed by atoms with Gasteiger partial charge in [-0.15, -0.1) is 0 Å². The van der Waals surface area contributed by atoms with E-state index in [9.17, 15) is 4.39 Å². The maximum absolute atomic E-state index is 13.9. The molecule has 0 fully saturated rings. The largest absolute Gasteiger partial charge is 0.381 e. The molecule has 5 heteroatoms. The number of halogens is 2. The lowest BCUT2D eigenvalue weighted by Crippen LogP contribution is -2.17. The number of hydrogen-bond donors (Lipinski definition) is 2. The van der Waals surface area contributed by atoms with Crippen LogP contribution in [0.15, 0.2) is 54.1 Å². The van der Waals surface area contributed by atoms with Crippen molar-refractivity contribution in [2.75, 3.05) is 17.2 Å². The second-order valence-electron chi connectivity index (χ2n) is 7.10. The predicted octanol–water partition coefficient (Wildman–Crippen LogP) is 6.43. The van der Waals surface area contributed by atoms with Crippen molar-refractivity contribution in [3.63, 3.8) is 0 Å². The van der Waals surface area contributed by atoms with E-state index in [1.807, 2.05) is 44.2 Å². The molecular weight excluding hydrogens is 373 g/mol. The number of nitrogens with zero attached hydrogens (tertiary/aromatic N) is 1. The summed E-state index contributed by atoms with van der Waals surface area (Å²) in [7, 11) is 0. The highest BCUT2D eigenvalue weighted by Gasteiger charge is 2.19. The Morgan fingerprint density at radius 1 is 1.04 bits per heavy atom. The van der Waals surface area contributed by atoms with Crippen LogP contribution < -0.4 is 10.6 Å². The summed E-state index contributed by atoms with van der Waals surface area (Å²) in [4.78, 5) is 4.84. The van der Waals surface area contributed by atoms with E-state index in [4.69, 9.17) is 16.6 Å². The minimum Gasteiger partial charge on any atom is -0.381 e. The van der Waals surface area contributed by atoms with E-state index in [2.05, 4.69) is 17.6 Å². The molecule has 0 saturated heterocycles. The zero-order chi connectivity index (χ0) is 19.8. The molecule has 3 nitrogen and oxygen atoms in total. The average Bonchev–Trinajstić information content (AvgIpc) is 2.67. The quantitative estimate of drug-likeness (QED) is 0.538. The van der Waals surface area contributed by atoms with Crippen LogP contribution >= 0.6 is 11.6 Å². The molecule has 0 amide bonds. The van der Waals surface area contributed by atoms with Crippen molar-refractivity contribution in [2.24, 2.45) is 0 Å². The first-order chi connectivity index (χ1) is 13.4. The van der Waals surface area contributed by atoms with Crippen LogP contribution in [-0.2, 0) is 0 Å². The predicted molar refractivity (Wildman–Crippen MR) is 115 cm³/mol. The Labute approximate surface area is 169 Å². The van der Waals surface area contributed by atoms with Gasteiger partial charge in [-0.1, -0.05) is 29.8 Å². The summed E-state index contributed by atoms with van der Waals surface area (Å²) >= 11 is 6.38. The molecule has 3 aromatic rings. The van der Waals surface area contributed by atoms with Gasteiger partial charge in [0.1, 0.15) is 11.6 Å². The number of rotatable bonds is 3. The molecule has 0 atom stereocenters. The van der Waals surface area contributed by atoms with Crippen LogP contribution in [-0.4, -0.2) is 11.5 Å². The Morgan fingerprint density at radius 3 is 2.61 bits per heavy atom. The molecule has 2 N–H and O–H groups in total. The standard InChI is InChI=1S/C23H21ClFN3/c1-13-10-21(17-6-4-5-7-19(17)24)27-23(15(13)3)28-22-14(2)12-26-20-9-8-16(25)11-18(20)22/h4-11,26H,12H2,1-3H3,(H,27,28). The third kappa shape index (κ3) is 3.36. The molecule has 4 rings (SSSR count). The number of fused-ring (bicyclic) bond motifs is 1. The van der Waals surface area contributed by atoms with Crippen molar-refractivity contribution in [2.45, 2.75) is 20.8 Å². The molecule has 0 spiro atoms. The lowest BCUT2D eigenvalue weighted by atomic mass is 10.00. The second-order valence-corrected chi connectivity index (χ2v) is 7.51. The van der Waals surface area contributed by atoms with E-state index in [1.165, 1.54) is 6.07 Å². The van der Waals surface area contributed by atoms with Crippen molar-refractivity contribution in [1.82, 2.24) is 4.98 Å². The molecule has 28 heavy (non-hydrogen) atoms. The minimum atomic E-state index is -0.264. The normalized spacial score (nSPS) is 13.2. The van der Waals surface area contributed by atoms with Gasteiger partial charge in [0.15, 0.2) is 0 Å². The van der Waals surface area contributed by atoms with Gasteiger partial charge in [0.2, 0.25) is 0 Å². The van der Waals surface area contributed by atoms with Crippen molar-refractivity contribution in [1.29, 1.82) is 0 Å². The van der Waals surface area contributed by atoms with Crippen molar-refractivity contribution in [3.8, 4) is 11.3 Å². The van der Waals surface area contributed by atoms with Gasteiger partial charge in [0.05, 0.1) is 5.69 Å². The number of anilines is 2. The molecule has 142 valence electrons. The summed E-state index contributed by atoms with van der Waals surface area (Å²) in [6.07, 6.45) is 0. The Hall–Kier alpha value is -2.85. The van der Waals surface area contributed by atoms with Gasteiger partial charge in [-0.25, -0.2) is 9.37 Å². The zero-order valence-corrected chi connectivity index (χ0v) is 16.8. The van der Waals surface area contributed by atoms with Gasteiger partial charge < -0.3 is 10.6 Å². The number of nitrogens with one attached hydrogen (secondary N) is 2. The van der Waals surface area contributed by atoms with Crippen LogP contribution in [0.3, 0.4) is 0 Å². The molecule has 0 bridgehead atoms. The van der Waals surface area contributed by atoms with Crippen molar-refractivity contribution < 1.29 is 4.39 Å². The lowest BCUT2D eigenvalue weighted by molar-refractivity contribution is 0.627. The highest BCUT2D eigenvalue weighted by molar-refractivity contribution is 6.33. The molecule has 2 heterocycles. The number of benzene rings is 2. The first-order valence-corrected chi connectivity index (χ1v) is 9.55. The topological polar surface area (TPSA) is 37.0 Å². The highest BCUT2D eigenvalue weighted by atomic mass is 35.5. The molecule has 0 saturated carbocycles. The van der Waals surface area contributed by atoms with Crippen molar-refractivity contribution >= 4 is 28.8 Å². The smallest absolute Gasteiger partial charge is 0.134 e. The van der Waals surface area contributed by atoms with Crippen LogP contribution in [0.4, 0.5) is 15.9 Å². The second kappa shape index (κ2) is 7.28. The monoisotopic (exact) mass is 393 g/mol. The van der Waals surface area contributed by atoms with Crippen molar-refractivity contribution in [3.05, 3.63) is 81.6 Å². The Morgan fingerprint density at radius 2 is 1.82 bits per heavy atom. The van der Waals surface area contributed by atoms with Gasteiger partial charge in [0, 0.05) is 34.1 Å². The molecule has 0 aliphatic carbocycles. The molecule has 0 radical (unpaired) electrons. The molecule has 1 aliphatic heterocycles. The molecule has 2 aromatic carbocycles. The number of hydrogen-bond acceptors (Lipinski definition) is 3. The Balaban J connectivity index is 1.81. The fourth-order valence-corrected chi connectivity index (χ4v) is 3.61. The summed E-state index contributed by atoms with van der Waals surface area (Å²) in [5.74, 6) is 0.488. The Kier molecular flexibility index (Phi) is 4.82. The molecular formula is C23H21ClFN3. The van der Waals surface area contributed by atoms with E-state index >= 15 is 0 Å². The van der Waals surface area contributed by atoms with Gasteiger partial charge >= 0.3 is 0 Å². The lowest BCUT2D eigenvalue weighted by Gasteiger charge is -2.25. The summed E-state index contributed by atoms with van der Waals surface area (Å²) < 4.78 is 13.9. The van der Waals surface area contributed by atoms with E-state index in [-0.39, 0.29) is 5.82 Å². The SMILES string of the molecule is CC1=C(Nc2nc(-c3ccccc3Cl)cc(C)c2C)c2cc(F)ccc2NC1. The van der Waals surface area contributed by atoms with E-state index in [0.717, 1.165) is 50.7 Å². The maximum atomic E-state index is 13.9. The first-order valence-electron chi connectivity index (χ1n) is 9.18. The molecule has 1 aliphatic rings. The number of pyridine rings is 1. The van der Waals surface area contributed by atoms with Crippen LogP contribution in [0.5, 0.6) is 0 Å². The maximum Gasteiger partial charge on any atom is 0.134 e. The number of aromatic nitrogens is 1. The molecule has 0 unspecified atom stereocenters.